The van der Waals surface area contributed by atoms with Crippen LogP contribution in [0.2, 0.25) is 5.15 Å². The Kier molecular flexibility index (Phi) is 3.05. The van der Waals surface area contributed by atoms with Crippen molar-refractivity contribution in [1.29, 1.82) is 0 Å². The van der Waals surface area contributed by atoms with Gasteiger partial charge in [-0.2, -0.15) is 0 Å². The first kappa shape index (κ1) is 9.00. The summed E-state index contributed by atoms with van der Waals surface area (Å²) in [6.45, 7) is 2.34. The van der Waals surface area contributed by atoms with Crippen LogP contribution < -0.4 is 4.74 Å². The summed E-state index contributed by atoms with van der Waals surface area (Å²) in [5.74, 6) is 0.382. The Balaban J connectivity index is 2.97. The first-order valence-corrected chi connectivity index (χ1v) is 3.89. The van der Waals surface area contributed by atoms with E-state index in [0.717, 1.165) is 0 Å². The highest BCUT2D eigenvalue weighted by Gasteiger charge is 1.99. The number of rotatable bonds is 3. The summed E-state index contributed by atoms with van der Waals surface area (Å²) in [7, 11) is 0. The van der Waals surface area contributed by atoms with Crippen LogP contribution in [0, 0.1) is 0 Å². The number of carbonyl (C=O) groups is 1. The molecule has 0 aliphatic carbocycles. The maximum atomic E-state index is 10.4. The molecule has 1 rings (SSSR count). The minimum Gasteiger partial charge on any atom is -0.478 e. The van der Waals surface area contributed by atoms with Crippen molar-refractivity contribution in [3.05, 3.63) is 22.8 Å². The number of hydrogen-bond acceptors (Lipinski definition) is 3. The summed E-state index contributed by atoms with van der Waals surface area (Å²) in [5.41, 5.74) is 0.471. The van der Waals surface area contributed by atoms with Gasteiger partial charge < -0.3 is 4.74 Å². The lowest BCUT2D eigenvalue weighted by atomic mass is 10.3. The van der Waals surface area contributed by atoms with Crippen LogP contribution in [0.1, 0.15) is 17.3 Å². The van der Waals surface area contributed by atoms with Crippen LogP contribution >= 0.6 is 11.6 Å². The molecule has 0 fully saturated rings. The Morgan fingerprint density at radius 3 is 3.00 bits per heavy atom. The largest absolute Gasteiger partial charge is 0.478 e. The van der Waals surface area contributed by atoms with Crippen molar-refractivity contribution >= 4 is 17.9 Å². The third-order valence-electron chi connectivity index (χ3n) is 1.22. The molecule has 64 valence electrons. The summed E-state index contributed by atoms with van der Waals surface area (Å²) in [6.07, 6.45) is 0.704. The summed E-state index contributed by atoms with van der Waals surface area (Å²) in [4.78, 5) is 14.2. The Morgan fingerprint density at radius 1 is 1.67 bits per heavy atom. The molecule has 1 heterocycles. The van der Waals surface area contributed by atoms with Gasteiger partial charge in [0.1, 0.15) is 11.4 Å². The first-order valence-electron chi connectivity index (χ1n) is 3.52. The SMILES string of the molecule is CCOc1cc(C=O)cc(Cl)n1. The Labute approximate surface area is 75.3 Å². The smallest absolute Gasteiger partial charge is 0.215 e. The van der Waals surface area contributed by atoms with E-state index in [1.807, 2.05) is 6.92 Å². The molecule has 0 unspecified atom stereocenters. The molecule has 12 heavy (non-hydrogen) atoms. The lowest BCUT2D eigenvalue weighted by Gasteiger charge is -2.01. The van der Waals surface area contributed by atoms with Gasteiger partial charge in [-0.1, -0.05) is 11.6 Å². The predicted octanol–water partition coefficient (Wildman–Crippen LogP) is 1.95. The fourth-order valence-electron chi connectivity index (χ4n) is 0.781. The van der Waals surface area contributed by atoms with E-state index in [1.165, 1.54) is 6.07 Å². The zero-order chi connectivity index (χ0) is 8.97. The molecule has 0 saturated heterocycles. The lowest BCUT2D eigenvalue weighted by molar-refractivity contribution is 0.112. The van der Waals surface area contributed by atoms with E-state index in [-0.39, 0.29) is 5.15 Å². The quantitative estimate of drug-likeness (QED) is 0.534. The number of nitrogens with zero attached hydrogens (tertiary/aromatic N) is 1. The van der Waals surface area contributed by atoms with E-state index in [1.54, 1.807) is 6.07 Å². The van der Waals surface area contributed by atoms with Crippen LogP contribution in [0.5, 0.6) is 5.88 Å². The van der Waals surface area contributed by atoms with Gasteiger partial charge in [0.25, 0.3) is 0 Å². The average Bonchev–Trinajstić information content (AvgIpc) is 2.04. The van der Waals surface area contributed by atoms with Gasteiger partial charge in [-0.05, 0) is 13.0 Å². The van der Waals surface area contributed by atoms with Crippen molar-refractivity contribution in [2.24, 2.45) is 0 Å². The van der Waals surface area contributed by atoms with E-state index in [2.05, 4.69) is 4.98 Å². The van der Waals surface area contributed by atoms with Crippen LogP contribution in [0.3, 0.4) is 0 Å². The normalized spacial score (nSPS) is 9.50. The number of pyridine rings is 1. The van der Waals surface area contributed by atoms with Crippen LogP contribution in [0.15, 0.2) is 12.1 Å². The van der Waals surface area contributed by atoms with E-state index < -0.39 is 0 Å². The summed E-state index contributed by atoms with van der Waals surface area (Å²) in [5, 5.41) is 0.267. The number of ether oxygens (including phenoxy) is 1. The minimum atomic E-state index is 0.267. The van der Waals surface area contributed by atoms with Crippen molar-refractivity contribution in [1.82, 2.24) is 4.98 Å². The highest BCUT2D eigenvalue weighted by atomic mass is 35.5. The molecule has 0 aliphatic rings. The molecule has 1 aromatic rings. The summed E-state index contributed by atoms with van der Waals surface area (Å²) >= 11 is 5.61. The third kappa shape index (κ3) is 2.20. The summed E-state index contributed by atoms with van der Waals surface area (Å²) < 4.78 is 5.07. The Morgan fingerprint density at radius 2 is 2.42 bits per heavy atom. The molecule has 0 aliphatic heterocycles. The first-order chi connectivity index (χ1) is 5.76. The van der Waals surface area contributed by atoms with Crippen molar-refractivity contribution in [2.45, 2.75) is 6.92 Å². The topological polar surface area (TPSA) is 39.2 Å². The van der Waals surface area contributed by atoms with E-state index in [0.29, 0.717) is 24.3 Å². The maximum Gasteiger partial charge on any atom is 0.215 e. The van der Waals surface area contributed by atoms with Gasteiger partial charge in [0.15, 0.2) is 0 Å². The van der Waals surface area contributed by atoms with E-state index in [9.17, 15) is 4.79 Å². The molecular weight excluding hydrogens is 178 g/mol. The standard InChI is InChI=1S/C8H8ClNO2/c1-2-12-8-4-6(5-11)3-7(9)10-8/h3-5H,2H2,1H3. The number of halogens is 1. The van der Waals surface area contributed by atoms with Gasteiger partial charge in [0.2, 0.25) is 5.88 Å². The molecule has 3 nitrogen and oxygen atoms in total. The molecule has 0 radical (unpaired) electrons. The average molecular weight is 186 g/mol. The zero-order valence-electron chi connectivity index (χ0n) is 6.58. The molecule has 0 bridgehead atoms. The molecule has 4 heteroatoms. The fraction of sp³-hybridized carbons (Fsp3) is 0.250. The number of aromatic nitrogens is 1. The minimum absolute atomic E-state index is 0.267. The van der Waals surface area contributed by atoms with Gasteiger partial charge in [0.05, 0.1) is 6.61 Å². The molecule has 0 saturated carbocycles. The number of hydrogen-bond donors (Lipinski definition) is 0. The molecule has 0 atom stereocenters. The molecule has 1 aromatic heterocycles. The Hall–Kier alpha value is -1.09. The maximum absolute atomic E-state index is 10.4. The van der Waals surface area contributed by atoms with Gasteiger partial charge in [-0.25, -0.2) is 4.98 Å². The van der Waals surface area contributed by atoms with Crippen LogP contribution in [-0.4, -0.2) is 17.9 Å². The van der Waals surface area contributed by atoms with Crippen molar-refractivity contribution in [3.63, 3.8) is 0 Å². The van der Waals surface area contributed by atoms with Gasteiger partial charge >= 0.3 is 0 Å². The second kappa shape index (κ2) is 4.07. The van der Waals surface area contributed by atoms with Gasteiger partial charge in [-0.15, -0.1) is 0 Å². The molecule has 0 spiro atoms. The number of carbonyl (C=O) groups excluding carboxylic acids is 1. The van der Waals surface area contributed by atoms with Crippen LogP contribution in [0.25, 0.3) is 0 Å². The monoisotopic (exact) mass is 185 g/mol. The molecule has 0 N–H and O–H groups in total. The highest BCUT2D eigenvalue weighted by Crippen LogP contribution is 2.14. The molecular formula is C8H8ClNO2. The second-order valence-corrected chi connectivity index (χ2v) is 2.50. The van der Waals surface area contributed by atoms with Gasteiger partial charge in [0, 0.05) is 11.6 Å². The van der Waals surface area contributed by atoms with Crippen molar-refractivity contribution in [3.8, 4) is 5.88 Å². The summed E-state index contributed by atoms with van der Waals surface area (Å²) in [6, 6.07) is 3.03. The highest BCUT2D eigenvalue weighted by molar-refractivity contribution is 6.29. The number of aldehydes is 1. The van der Waals surface area contributed by atoms with E-state index in [4.69, 9.17) is 16.3 Å². The van der Waals surface area contributed by atoms with Gasteiger partial charge in [-0.3, -0.25) is 4.79 Å². The van der Waals surface area contributed by atoms with E-state index >= 15 is 0 Å². The van der Waals surface area contributed by atoms with Crippen LogP contribution in [0.4, 0.5) is 0 Å². The fourth-order valence-corrected chi connectivity index (χ4v) is 0.991. The predicted molar refractivity (Wildman–Crippen MR) is 45.8 cm³/mol. The lowest BCUT2D eigenvalue weighted by Crippen LogP contribution is -1.95. The van der Waals surface area contributed by atoms with Crippen molar-refractivity contribution in [2.75, 3.05) is 6.61 Å². The zero-order valence-corrected chi connectivity index (χ0v) is 7.34. The molecule has 0 aromatic carbocycles. The second-order valence-electron chi connectivity index (χ2n) is 2.11. The van der Waals surface area contributed by atoms with Crippen molar-refractivity contribution < 1.29 is 9.53 Å². The Bertz CT molecular complexity index is 288. The molecule has 0 amide bonds. The third-order valence-corrected chi connectivity index (χ3v) is 1.41. The van der Waals surface area contributed by atoms with Crippen LogP contribution in [-0.2, 0) is 0 Å².